The fourth-order valence-corrected chi connectivity index (χ4v) is 1.99. The predicted molar refractivity (Wildman–Crippen MR) is 62.1 cm³/mol. The summed E-state index contributed by atoms with van der Waals surface area (Å²) < 4.78 is 18.5. The minimum Gasteiger partial charge on any atom is -0.379 e. The smallest absolute Gasteiger partial charge is 0.142 e. The van der Waals surface area contributed by atoms with Crippen molar-refractivity contribution in [1.29, 1.82) is 0 Å². The SMILES string of the molecule is CC1(NCc2cccc(F)c2Cl)CCOC1. The van der Waals surface area contributed by atoms with Crippen molar-refractivity contribution in [2.24, 2.45) is 0 Å². The van der Waals surface area contributed by atoms with E-state index in [0.717, 1.165) is 18.6 Å². The first-order chi connectivity index (χ1) is 7.61. The van der Waals surface area contributed by atoms with Gasteiger partial charge in [-0.1, -0.05) is 23.7 Å². The Bertz CT molecular complexity index is 377. The molecule has 0 amide bonds. The van der Waals surface area contributed by atoms with Crippen molar-refractivity contribution in [3.05, 3.63) is 34.6 Å². The number of benzene rings is 1. The first-order valence-electron chi connectivity index (χ1n) is 5.36. The molecule has 16 heavy (non-hydrogen) atoms. The molecule has 88 valence electrons. The van der Waals surface area contributed by atoms with Crippen LogP contribution in [0.4, 0.5) is 4.39 Å². The summed E-state index contributed by atoms with van der Waals surface area (Å²) in [6.07, 6.45) is 0.972. The minimum atomic E-state index is -0.367. The molecule has 4 heteroatoms. The van der Waals surface area contributed by atoms with Crippen molar-refractivity contribution in [3.8, 4) is 0 Å². The van der Waals surface area contributed by atoms with Gasteiger partial charge in [0.1, 0.15) is 5.82 Å². The van der Waals surface area contributed by atoms with Crippen LogP contribution in [0.3, 0.4) is 0 Å². The topological polar surface area (TPSA) is 21.3 Å². The number of nitrogens with one attached hydrogen (secondary N) is 1. The van der Waals surface area contributed by atoms with Crippen LogP contribution in [-0.2, 0) is 11.3 Å². The van der Waals surface area contributed by atoms with Crippen LogP contribution in [0.15, 0.2) is 18.2 Å². The van der Waals surface area contributed by atoms with Crippen LogP contribution in [-0.4, -0.2) is 18.8 Å². The lowest BCUT2D eigenvalue weighted by atomic mass is 10.0. The Kier molecular flexibility index (Phi) is 3.47. The van der Waals surface area contributed by atoms with E-state index in [1.807, 2.05) is 6.07 Å². The highest BCUT2D eigenvalue weighted by Crippen LogP contribution is 2.22. The van der Waals surface area contributed by atoms with Crippen molar-refractivity contribution in [1.82, 2.24) is 5.32 Å². The zero-order chi connectivity index (χ0) is 11.6. The Hall–Kier alpha value is -0.640. The second-order valence-electron chi connectivity index (χ2n) is 4.43. The van der Waals surface area contributed by atoms with E-state index >= 15 is 0 Å². The largest absolute Gasteiger partial charge is 0.379 e. The average Bonchev–Trinajstić information content (AvgIpc) is 2.68. The summed E-state index contributed by atoms with van der Waals surface area (Å²) in [5.41, 5.74) is 0.769. The lowest BCUT2D eigenvalue weighted by Gasteiger charge is -2.23. The third-order valence-corrected chi connectivity index (χ3v) is 3.38. The predicted octanol–water partition coefficient (Wildman–Crippen LogP) is 2.75. The lowest BCUT2D eigenvalue weighted by molar-refractivity contribution is 0.171. The molecule has 0 saturated carbocycles. The van der Waals surface area contributed by atoms with Gasteiger partial charge in [-0.3, -0.25) is 0 Å². The van der Waals surface area contributed by atoms with Gasteiger partial charge in [-0.2, -0.15) is 0 Å². The van der Waals surface area contributed by atoms with E-state index in [1.165, 1.54) is 6.07 Å². The molecule has 1 aliphatic rings. The van der Waals surface area contributed by atoms with Crippen molar-refractivity contribution in [3.63, 3.8) is 0 Å². The fourth-order valence-electron chi connectivity index (χ4n) is 1.80. The number of rotatable bonds is 3. The molecular formula is C12H15ClFNO. The molecule has 1 saturated heterocycles. The van der Waals surface area contributed by atoms with Crippen molar-refractivity contribution >= 4 is 11.6 Å². The van der Waals surface area contributed by atoms with Crippen molar-refractivity contribution < 1.29 is 9.13 Å². The van der Waals surface area contributed by atoms with Gasteiger partial charge in [0, 0.05) is 18.7 Å². The van der Waals surface area contributed by atoms with Gasteiger partial charge < -0.3 is 10.1 Å². The molecule has 0 spiro atoms. The molecule has 1 fully saturated rings. The van der Waals surface area contributed by atoms with E-state index in [2.05, 4.69) is 12.2 Å². The van der Waals surface area contributed by atoms with E-state index in [0.29, 0.717) is 13.2 Å². The molecule has 1 atom stereocenters. The molecule has 0 aliphatic carbocycles. The second-order valence-corrected chi connectivity index (χ2v) is 4.81. The van der Waals surface area contributed by atoms with Crippen LogP contribution in [0.2, 0.25) is 5.02 Å². The Morgan fingerprint density at radius 3 is 3.06 bits per heavy atom. The van der Waals surface area contributed by atoms with Crippen LogP contribution in [0, 0.1) is 5.82 Å². The molecule has 1 aromatic rings. The Morgan fingerprint density at radius 1 is 1.56 bits per heavy atom. The zero-order valence-corrected chi connectivity index (χ0v) is 9.98. The van der Waals surface area contributed by atoms with Gasteiger partial charge in [-0.15, -0.1) is 0 Å². The summed E-state index contributed by atoms with van der Waals surface area (Å²) in [4.78, 5) is 0. The summed E-state index contributed by atoms with van der Waals surface area (Å²) in [7, 11) is 0. The monoisotopic (exact) mass is 243 g/mol. The van der Waals surface area contributed by atoms with E-state index in [9.17, 15) is 4.39 Å². The standard InChI is InChI=1S/C12H15ClFNO/c1-12(5-6-16-8-12)15-7-9-3-2-4-10(14)11(9)13/h2-4,15H,5-8H2,1H3. The van der Waals surface area contributed by atoms with Crippen LogP contribution in [0.1, 0.15) is 18.9 Å². The van der Waals surface area contributed by atoms with Gasteiger partial charge in [0.25, 0.3) is 0 Å². The fraction of sp³-hybridized carbons (Fsp3) is 0.500. The average molecular weight is 244 g/mol. The quantitative estimate of drug-likeness (QED) is 0.882. The molecule has 1 N–H and O–H groups in total. The molecule has 2 nitrogen and oxygen atoms in total. The van der Waals surface area contributed by atoms with E-state index < -0.39 is 0 Å². The molecule has 0 aromatic heterocycles. The van der Waals surface area contributed by atoms with Gasteiger partial charge in [-0.05, 0) is 25.0 Å². The summed E-state index contributed by atoms with van der Waals surface area (Å²) in [5.74, 6) is -0.367. The molecule has 1 aliphatic heterocycles. The molecule has 1 aromatic carbocycles. The third kappa shape index (κ3) is 2.54. The van der Waals surface area contributed by atoms with Crippen molar-refractivity contribution in [2.45, 2.75) is 25.4 Å². The van der Waals surface area contributed by atoms with Crippen LogP contribution >= 0.6 is 11.6 Å². The number of halogens is 2. The molecule has 0 bridgehead atoms. The summed E-state index contributed by atoms with van der Waals surface area (Å²) >= 11 is 5.88. The first-order valence-corrected chi connectivity index (χ1v) is 5.74. The maximum absolute atomic E-state index is 13.2. The summed E-state index contributed by atoms with van der Waals surface area (Å²) in [6.45, 7) is 4.14. The van der Waals surface area contributed by atoms with Crippen LogP contribution in [0.5, 0.6) is 0 Å². The number of hydrogen-bond donors (Lipinski definition) is 1. The van der Waals surface area contributed by atoms with Gasteiger partial charge >= 0.3 is 0 Å². The first kappa shape index (κ1) is 11.8. The third-order valence-electron chi connectivity index (χ3n) is 2.96. The Labute approximate surface area is 99.7 Å². The van der Waals surface area contributed by atoms with Gasteiger partial charge in [0.2, 0.25) is 0 Å². The molecule has 0 radical (unpaired) electrons. The molecule has 2 rings (SSSR count). The van der Waals surface area contributed by atoms with Crippen molar-refractivity contribution in [2.75, 3.05) is 13.2 Å². The molecule has 1 heterocycles. The maximum atomic E-state index is 13.2. The zero-order valence-electron chi connectivity index (χ0n) is 9.22. The number of ether oxygens (including phenoxy) is 1. The normalized spacial score (nSPS) is 24.9. The minimum absolute atomic E-state index is 0.0182. The van der Waals surface area contributed by atoms with Gasteiger partial charge in [-0.25, -0.2) is 4.39 Å². The van der Waals surface area contributed by atoms with E-state index in [1.54, 1.807) is 6.07 Å². The summed E-state index contributed by atoms with van der Waals surface area (Å²) in [5, 5.41) is 3.57. The van der Waals surface area contributed by atoms with E-state index in [-0.39, 0.29) is 16.4 Å². The highest BCUT2D eigenvalue weighted by atomic mass is 35.5. The van der Waals surface area contributed by atoms with E-state index in [4.69, 9.17) is 16.3 Å². The highest BCUT2D eigenvalue weighted by Gasteiger charge is 2.28. The Balaban J connectivity index is 2.02. The number of hydrogen-bond acceptors (Lipinski definition) is 2. The molecule has 1 unspecified atom stereocenters. The Morgan fingerprint density at radius 2 is 2.38 bits per heavy atom. The van der Waals surface area contributed by atoms with Crippen LogP contribution in [0.25, 0.3) is 0 Å². The van der Waals surface area contributed by atoms with Gasteiger partial charge in [0.05, 0.1) is 11.6 Å². The van der Waals surface area contributed by atoms with Gasteiger partial charge in [0.15, 0.2) is 0 Å². The summed E-state index contributed by atoms with van der Waals surface area (Å²) in [6, 6.07) is 4.87. The molecular weight excluding hydrogens is 229 g/mol. The van der Waals surface area contributed by atoms with Crippen LogP contribution < -0.4 is 5.32 Å². The lowest BCUT2D eigenvalue weighted by Crippen LogP contribution is -2.42. The highest BCUT2D eigenvalue weighted by molar-refractivity contribution is 6.31. The second kappa shape index (κ2) is 4.70. The maximum Gasteiger partial charge on any atom is 0.142 e.